The molecule has 0 saturated carbocycles. The molecule has 5 nitrogen and oxygen atoms in total. The molecule has 152 valence electrons. The predicted molar refractivity (Wildman–Crippen MR) is 124 cm³/mol. The van der Waals surface area contributed by atoms with Crippen molar-refractivity contribution >= 4 is 34.0 Å². The first-order chi connectivity index (χ1) is 15.2. The van der Waals surface area contributed by atoms with Gasteiger partial charge in [0.15, 0.2) is 5.82 Å². The monoisotopic (exact) mass is 445 g/mol. The SMILES string of the molecule is O=c1/c(=C/c2ccc(OCc3ccccc3)cc2)sc2nnc(-c3ccccc3Cl)n12. The van der Waals surface area contributed by atoms with Crippen LogP contribution in [0.1, 0.15) is 11.1 Å². The lowest BCUT2D eigenvalue weighted by atomic mass is 10.2. The smallest absolute Gasteiger partial charge is 0.276 e. The maximum atomic E-state index is 13.0. The molecule has 0 N–H and O–H groups in total. The normalized spacial score (nSPS) is 11.8. The summed E-state index contributed by atoms with van der Waals surface area (Å²) in [6.45, 7) is 0.508. The van der Waals surface area contributed by atoms with Crippen molar-refractivity contribution in [3.05, 3.63) is 110 Å². The van der Waals surface area contributed by atoms with Gasteiger partial charge in [-0.1, -0.05) is 77.5 Å². The van der Waals surface area contributed by atoms with E-state index in [0.29, 0.717) is 32.5 Å². The third-order valence-electron chi connectivity index (χ3n) is 4.79. The van der Waals surface area contributed by atoms with Gasteiger partial charge in [-0.15, -0.1) is 10.2 Å². The molecular formula is C24H16ClN3O2S. The van der Waals surface area contributed by atoms with E-state index in [2.05, 4.69) is 10.2 Å². The van der Waals surface area contributed by atoms with Crippen molar-refractivity contribution in [3.8, 4) is 17.1 Å². The van der Waals surface area contributed by atoms with E-state index in [4.69, 9.17) is 16.3 Å². The van der Waals surface area contributed by atoms with Crippen LogP contribution in [0.25, 0.3) is 22.4 Å². The van der Waals surface area contributed by atoms with Gasteiger partial charge in [0.1, 0.15) is 12.4 Å². The highest BCUT2D eigenvalue weighted by molar-refractivity contribution is 7.15. The Bertz CT molecular complexity index is 1460. The summed E-state index contributed by atoms with van der Waals surface area (Å²) in [5, 5.41) is 8.85. The molecule has 0 radical (unpaired) electrons. The van der Waals surface area contributed by atoms with E-state index in [0.717, 1.165) is 16.9 Å². The fraction of sp³-hybridized carbons (Fsp3) is 0.0417. The van der Waals surface area contributed by atoms with Crippen LogP contribution in [-0.4, -0.2) is 14.6 Å². The molecule has 0 aliphatic heterocycles. The highest BCUT2D eigenvalue weighted by Gasteiger charge is 2.16. The Hall–Kier alpha value is -3.48. The fourth-order valence-electron chi connectivity index (χ4n) is 3.23. The van der Waals surface area contributed by atoms with Gasteiger partial charge in [0.25, 0.3) is 5.56 Å². The number of thiazole rings is 1. The van der Waals surface area contributed by atoms with Crippen LogP contribution in [0.15, 0.2) is 83.7 Å². The average Bonchev–Trinajstić information content (AvgIpc) is 3.34. The quantitative estimate of drug-likeness (QED) is 0.397. The van der Waals surface area contributed by atoms with Crippen LogP contribution in [0.3, 0.4) is 0 Å². The van der Waals surface area contributed by atoms with Gasteiger partial charge in [0, 0.05) is 5.56 Å². The van der Waals surface area contributed by atoms with Crippen LogP contribution in [0, 0.1) is 0 Å². The Morgan fingerprint density at radius 1 is 0.935 bits per heavy atom. The van der Waals surface area contributed by atoms with Crippen molar-refractivity contribution in [2.45, 2.75) is 6.61 Å². The summed E-state index contributed by atoms with van der Waals surface area (Å²) >= 11 is 7.58. The summed E-state index contributed by atoms with van der Waals surface area (Å²) in [4.78, 5) is 13.6. The molecule has 31 heavy (non-hydrogen) atoms. The molecule has 0 atom stereocenters. The third-order valence-corrected chi connectivity index (χ3v) is 6.08. The number of halogens is 1. The van der Waals surface area contributed by atoms with Gasteiger partial charge in [0.2, 0.25) is 4.96 Å². The second kappa shape index (κ2) is 8.34. The Balaban J connectivity index is 1.43. The average molecular weight is 446 g/mol. The number of hydrogen-bond acceptors (Lipinski definition) is 5. The highest BCUT2D eigenvalue weighted by atomic mass is 35.5. The lowest BCUT2D eigenvalue weighted by Gasteiger charge is -2.06. The van der Waals surface area contributed by atoms with E-state index in [9.17, 15) is 4.79 Å². The summed E-state index contributed by atoms with van der Waals surface area (Å²) in [6, 6.07) is 24.9. The number of hydrogen-bond donors (Lipinski definition) is 0. The molecule has 0 fully saturated rings. The molecule has 3 aromatic carbocycles. The maximum absolute atomic E-state index is 13.0. The molecule has 0 aliphatic carbocycles. The molecule has 0 bridgehead atoms. The first-order valence-electron chi connectivity index (χ1n) is 9.60. The fourth-order valence-corrected chi connectivity index (χ4v) is 4.36. The number of aromatic nitrogens is 3. The molecule has 0 spiro atoms. The molecule has 0 saturated heterocycles. The zero-order valence-corrected chi connectivity index (χ0v) is 17.8. The molecule has 0 unspecified atom stereocenters. The Kier molecular flexibility index (Phi) is 5.24. The van der Waals surface area contributed by atoms with Crippen molar-refractivity contribution in [2.75, 3.05) is 0 Å². The number of fused-ring (bicyclic) bond motifs is 1. The van der Waals surface area contributed by atoms with Crippen LogP contribution in [0.4, 0.5) is 0 Å². The summed E-state index contributed by atoms with van der Waals surface area (Å²) in [5.41, 5.74) is 2.53. The van der Waals surface area contributed by atoms with Crippen LogP contribution in [0.5, 0.6) is 5.75 Å². The first kappa shape index (κ1) is 19.5. The maximum Gasteiger partial charge on any atom is 0.276 e. The van der Waals surface area contributed by atoms with E-state index in [1.165, 1.54) is 15.7 Å². The molecule has 5 aromatic rings. The van der Waals surface area contributed by atoms with E-state index < -0.39 is 0 Å². The minimum atomic E-state index is -0.163. The second-order valence-electron chi connectivity index (χ2n) is 6.88. The van der Waals surface area contributed by atoms with Gasteiger partial charge in [-0.3, -0.25) is 4.79 Å². The van der Waals surface area contributed by atoms with Gasteiger partial charge in [-0.25, -0.2) is 4.40 Å². The summed E-state index contributed by atoms with van der Waals surface area (Å²) in [5.74, 6) is 1.22. The zero-order chi connectivity index (χ0) is 21.2. The topological polar surface area (TPSA) is 56.5 Å². The van der Waals surface area contributed by atoms with E-state index in [1.54, 1.807) is 6.07 Å². The van der Waals surface area contributed by atoms with E-state index in [1.807, 2.05) is 78.9 Å². The van der Waals surface area contributed by atoms with Gasteiger partial charge < -0.3 is 4.74 Å². The van der Waals surface area contributed by atoms with Crippen molar-refractivity contribution in [1.29, 1.82) is 0 Å². The van der Waals surface area contributed by atoms with Gasteiger partial charge in [-0.05, 0) is 41.5 Å². The molecular weight excluding hydrogens is 430 g/mol. The largest absolute Gasteiger partial charge is 0.489 e. The van der Waals surface area contributed by atoms with Crippen molar-refractivity contribution < 1.29 is 4.74 Å². The van der Waals surface area contributed by atoms with Crippen LogP contribution < -0.4 is 14.8 Å². The number of benzene rings is 3. The minimum absolute atomic E-state index is 0.163. The summed E-state index contributed by atoms with van der Waals surface area (Å²) in [7, 11) is 0. The van der Waals surface area contributed by atoms with E-state index >= 15 is 0 Å². The highest BCUT2D eigenvalue weighted by Crippen LogP contribution is 2.26. The third kappa shape index (κ3) is 3.95. The number of nitrogens with zero attached hydrogens (tertiary/aromatic N) is 3. The standard InChI is InChI=1S/C24H16ClN3O2S/c25-20-9-5-4-8-19(20)22-26-27-24-28(22)23(29)21(31-24)14-16-10-12-18(13-11-16)30-15-17-6-2-1-3-7-17/h1-14H,15H2/b21-14-. The second-order valence-corrected chi connectivity index (χ2v) is 8.30. The molecule has 2 aromatic heterocycles. The van der Waals surface area contributed by atoms with E-state index in [-0.39, 0.29) is 5.56 Å². The lowest BCUT2D eigenvalue weighted by molar-refractivity contribution is 0.306. The van der Waals surface area contributed by atoms with Gasteiger partial charge >= 0.3 is 0 Å². The van der Waals surface area contributed by atoms with Crippen molar-refractivity contribution in [2.24, 2.45) is 0 Å². The van der Waals surface area contributed by atoms with Crippen LogP contribution in [0.2, 0.25) is 5.02 Å². The Labute approximate surface area is 186 Å². The van der Waals surface area contributed by atoms with Crippen LogP contribution in [-0.2, 0) is 6.61 Å². The van der Waals surface area contributed by atoms with Crippen molar-refractivity contribution in [3.63, 3.8) is 0 Å². The molecule has 7 heteroatoms. The first-order valence-corrected chi connectivity index (χ1v) is 10.8. The number of ether oxygens (including phenoxy) is 1. The zero-order valence-electron chi connectivity index (χ0n) is 16.2. The lowest BCUT2D eigenvalue weighted by Crippen LogP contribution is -2.23. The molecule has 5 rings (SSSR count). The number of rotatable bonds is 5. The Morgan fingerprint density at radius 3 is 2.45 bits per heavy atom. The van der Waals surface area contributed by atoms with Gasteiger partial charge in [-0.2, -0.15) is 0 Å². The summed E-state index contributed by atoms with van der Waals surface area (Å²) < 4.78 is 7.91. The van der Waals surface area contributed by atoms with Gasteiger partial charge in [0.05, 0.1) is 9.55 Å². The molecule has 0 aliphatic rings. The molecule has 0 amide bonds. The van der Waals surface area contributed by atoms with Crippen LogP contribution >= 0.6 is 22.9 Å². The predicted octanol–water partition coefficient (Wildman–Crippen LogP) is 4.60. The van der Waals surface area contributed by atoms with Crippen molar-refractivity contribution in [1.82, 2.24) is 14.6 Å². The summed E-state index contributed by atoms with van der Waals surface area (Å²) in [6.07, 6.45) is 1.85. The molecule has 2 heterocycles. The minimum Gasteiger partial charge on any atom is -0.489 e. The Morgan fingerprint density at radius 2 is 1.68 bits per heavy atom.